The van der Waals surface area contributed by atoms with Crippen molar-refractivity contribution in [1.29, 1.82) is 0 Å². The minimum Gasteiger partial charge on any atom is -0.497 e. The number of unbranched alkanes of at least 4 members (excludes halogenated alkanes) is 2. The molecular formula is C26H30F3N3O2. The van der Waals surface area contributed by atoms with Crippen LogP contribution in [0.2, 0.25) is 0 Å². The summed E-state index contributed by atoms with van der Waals surface area (Å²) in [5.41, 5.74) is 1.35. The zero-order chi connectivity index (χ0) is 24.6. The van der Waals surface area contributed by atoms with E-state index in [1.807, 2.05) is 22.9 Å². The molecule has 0 aliphatic heterocycles. The van der Waals surface area contributed by atoms with Gasteiger partial charge in [-0.25, -0.2) is 4.79 Å². The molecule has 0 unspecified atom stereocenters. The van der Waals surface area contributed by atoms with Crippen LogP contribution >= 0.6 is 0 Å². The smallest absolute Gasteiger partial charge is 0.416 e. The molecule has 0 saturated heterocycles. The van der Waals surface area contributed by atoms with E-state index >= 15 is 0 Å². The number of hydrogen-bond acceptors (Lipinski definition) is 2. The van der Waals surface area contributed by atoms with Crippen molar-refractivity contribution in [3.8, 4) is 5.75 Å². The summed E-state index contributed by atoms with van der Waals surface area (Å²) >= 11 is 0. The minimum absolute atomic E-state index is 0.240. The van der Waals surface area contributed by atoms with Crippen molar-refractivity contribution in [1.82, 2.24) is 9.47 Å². The molecule has 1 N–H and O–H groups in total. The average molecular weight is 474 g/mol. The quantitative estimate of drug-likeness (QED) is 0.330. The van der Waals surface area contributed by atoms with E-state index in [1.54, 1.807) is 42.3 Å². The number of halogens is 3. The summed E-state index contributed by atoms with van der Waals surface area (Å²) in [5, 5.41) is 2.92. The van der Waals surface area contributed by atoms with E-state index in [0.717, 1.165) is 37.1 Å². The summed E-state index contributed by atoms with van der Waals surface area (Å²) in [5.74, 6) is 0.644. The molecule has 0 atom stereocenters. The van der Waals surface area contributed by atoms with Gasteiger partial charge in [0.1, 0.15) is 5.75 Å². The van der Waals surface area contributed by atoms with Crippen LogP contribution in [0.25, 0.3) is 0 Å². The van der Waals surface area contributed by atoms with E-state index in [9.17, 15) is 18.0 Å². The number of nitrogens with zero attached hydrogens (tertiary/aromatic N) is 2. The minimum atomic E-state index is -4.39. The Kier molecular flexibility index (Phi) is 8.62. The van der Waals surface area contributed by atoms with Crippen molar-refractivity contribution in [3.05, 3.63) is 83.7 Å². The van der Waals surface area contributed by atoms with Gasteiger partial charge < -0.3 is 19.5 Å². The van der Waals surface area contributed by atoms with Crippen LogP contribution < -0.4 is 10.1 Å². The third kappa shape index (κ3) is 7.04. The number of ether oxygens (including phenoxy) is 1. The molecule has 1 heterocycles. The summed E-state index contributed by atoms with van der Waals surface area (Å²) < 4.78 is 46.4. The fourth-order valence-corrected chi connectivity index (χ4v) is 3.69. The molecule has 0 fully saturated rings. The largest absolute Gasteiger partial charge is 0.497 e. The Bertz CT molecular complexity index is 1080. The fourth-order valence-electron chi connectivity index (χ4n) is 3.69. The average Bonchev–Trinajstić information content (AvgIpc) is 3.24. The third-order valence-corrected chi connectivity index (χ3v) is 5.52. The highest BCUT2D eigenvalue weighted by Crippen LogP contribution is 2.29. The second kappa shape index (κ2) is 11.6. The first kappa shape index (κ1) is 25.2. The Morgan fingerprint density at radius 3 is 2.59 bits per heavy atom. The van der Waals surface area contributed by atoms with E-state index < -0.39 is 11.7 Å². The first-order valence-electron chi connectivity index (χ1n) is 11.3. The SMILES string of the molecule is CCCCCN(Cc1cccn1Cc1cccc(C(F)(F)F)c1)C(=O)Nc1cccc(OC)c1. The normalized spacial score (nSPS) is 11.3. The molecule has 2 amide bonds. The monoisotopic (exact) mass is 473 g/mol. The maximum Gasteiger partial charge on any atom is 0.416 e. The molecule has 2 aromatic carbocycles. The lowest BCUT2D eigenvalue weighted by molar-refractivity contribution is -0.137. The van der Waals surface area contributed by atoms with Gasteiger partial charge in [0.25, 0.3) is 0 Å². The molecule has 182 valence electrons. The van der Waals surface area contributed by atoms with E-state index in [2.05, 4.69) is 12.2 Å². The van der Waals surface area contributed by atoms with Gasteiger partial charge in [-0.3, -0.25) is 0 Å². The van der Waals surface area contributed by atoms with Crippen LogP contribution in [0.1, 0.15) is 43.0 Å². The van der Waals surface area contributed by atoms with E-state index in [1.165, 1.54) is 6.07 Å². The highest BCUT2D eigenvalue weighted by Gasteiger charge is 2.30. The second-order valence-corrected chi connectivity index (χ2v) is 8.12. The molecule has 3 rings (SSSR count). The van der Waals surface area contributed by atoms with Gasteiger partial charge in [0.15, 0.2) is 0 Å². The summed E-state index contributed by atoms with van der Waals surface area (Å²) in [6.45, 7) is 3.29. The lowest BCUT2D eigenvalue weighted by Gasteiger charge is -2.24. The Hall–Kier alpha value is -3.42. The number of nitrogens with one attached hydrogen (secondary N) is 1. The van der Waals surface area contributed by atoms with Gasteiger partial charge in [0, 0.05) is 36.7 Å². The lowest BCUT2D eigenvalue weighted by Crippen LogP contribution is -2.36. The van der Waals surface area contributed by atoms with Crippen LogP contribution in [0, 0.1) is 0 Å². The van der Waals surface area contributed by atoms with Crippen molar-refractivity contribution in [2.45, 2.75) is 45.5 Å². The molecule has 0 bridgehead atoms. The number of methoxy groups -OCH3 is 1. The molecule has 0 aliphatic rings. The summed E-state index contributed by atoms with van der Waals surface area (Å²) in [6.07, 6.45) is 0.311. The first-order valence-corrected chi connectivity index (χ1v) is 11.3. The zero-order valence-electron chi connectivity index (χ0n) is 19.4. The van der Waals surface area contributed by atoms with Crippen molar-refractivity contribution < 1.29 is 22.7 Å². The van der Waals surface area contributed by atoms with Crippen molar-refractivity contribution in [2.24, 2.45) is 0 Å². The molecule has 0 radical (unpaired) electrons. The number of aromatic nitrogens is 1. The molecular weight excluding hydrogens is 443 g/mol. The Morgan fingerprint density at radius 2 is 1.85 bits per heavy atom. The van der Waals surface area contributed by atoms with Crippen LogP contribution in [0.15, 0.2) is 66.9 Å². The molecule has 3 aromatic rings. The summed E-state index contributed by atoms with van der Waals surface area (Å²) in [6, 6.07) is 16.0. The number of alkyl halides is 3. The Balaban J connectivity index is 1.75. The number of amides is 2. The van der Waals surface area contributed by atoms with Gasteiger partial charge in [0.05, 0.1) is 19.2 Å². The predicted octanol–water partition coefficient (Wildman–Crippen LogP) is 6.79. The number of hydrogen-bond donors (Lipinski definition) is 1. The van der Waals surface area contributed by atoms with Crippen molar-refractivity contribution >= 4 is 11.7 Å². The van der Waals surface area contributed by atoms with Crippen LogP contribution in [-0.4, -0.2) is 29.2 Å². The van der Waals surface area contributed by atoms with Crippen molar-refractivity contribution in [2.75, 3.05) is 19.0 Å². The lowest BCUT2D eigenvalue weighted by atomic mass is 10.1. The number of urea groups is 1. The van der Waals surface area contributed by atoms with Gasteiger partial charge in [-0.2, -0.15) is 13.2 Å². The maximum absolute atomic E-state index is 13.1. The Morgan fingerprint density at radius 1 is 1.06 bits per heavy atom. The standard InChI is InChI=1S/C26H30F3N3O2/c1-3-4-5-14-32(25(33)30-22-11-7-13-24(17-22)34-2)19-23-12-8-15-31(23)18-20-9-6-10-21(16-20)26(27,28)29/h6-13,15-17H,3-5,14,18-19H2,1-2H3,(H,30,33). The van der Waals surface area contributed by atoms with Gasteiger partial charge in [-0.05, 0) is 48.4 Å². The number of benzene rings is 2. The molecule has 0 spiro atoms. The second-order valence-electron chi connectivity index (χ2n) is 8.12. The number of anilines is 1. The zero-order valence-corrected chi connectivity index (χ0v) is 19.4. The Labute approximate surface area is 198 Å². The van der Waals surface area contributed by atoms with E-state index in [-0.39, 0.29) is 12.6 Å². The molecule has 8 heteroatoms. The van der Waals surface area contributed by atoms with Gasteiger partial charge in [-0.1, -0.05) is 38.0 Å². The van der Waals surface area contributed by atoms with Gasteiger partial charge in [-0.15, -0.1) is 0 Å². The predicted molar refractivity (Wildman–Crippen MR) is 127 cm³/mol. The van der Waals surface area contributed by atoms with Crippen LogP contribution in [-0.2, 0) is 19.3 Å². The van der Waals surface area contributed by atoms with Crippen LogP contribution in [0.5, 0.6) is 5.75 Å². The summed E-state index contributed by atoms with van der Waals surface area (Å²) in [4.78, 5) is 14.8. The molecule has 0 saturated carbocycles. The van der Waals surface area contributed by atoms with E-state index in [4.69, 9.17) is 4.74 Å². The topological polar surface area (TPSA) is 46.5 Å². The molecule has 1 aromatic heterocycles. The van der Waals surface area contributed by atoms with Crippen molar-refractivity contribution in [3.63, 3.8) is 0 Å². The third-order valence-electron chi connectivity index (χ3n) is 5.52. The maximum atomic E-state index is 13.1. The first-order chi connectivity index (χ1) is 16.3. The highest BCUT2D eigenvalue weighted by molar-refractivity contribution is 5.89. The highest BCUT2D eigenvalue weighted by atomic mass is 19.4. The number of carbonyl (C=O) groups excluding carboxylic acids is 1. The van der Waals surface area contributed by atoms with Crippen LogP contribution in [0.3, 0.4) is 0 Å². The number of rotatable bonds is 10. The fraction of sp³-hybridized carbons (Fsp3) is 0.346. The summed E-state index contributed by atoms with van der Waals surface area (Å²) in [7, 11) is 1.57. The molecule has 5 nitrogen and oxygen atoms in total. The van der Waals surface area contributed by atoms with E-state index in [0.29, 0.717) is 30.1 Å². The molecule has 0 aliphatic carbocycles. The molecule has 34 heavy (non-hydrogen) atoms. The van der Waals surface area contributed by atoms with Gasteiger partial charge in [0.2, 0.25) is 0 Å². The van der Waals surface area contributed by atoms with Crippen LogP contribution in [0.4, 0.5) is 23.7 Å². The number of carbonyl (C=O) groups is 1. The van der Waals surface area contributed by atoms with Gasteiger partial charge >= 0.3 is 12.2 Å².